The van der Waals surface area contributed by atoms with Crippen LogP contribution in [0.15, 0.2) is 17.1 Å². The van der Waals surface area contributed by atoms with E-state index in [9.17, 15) is 14.4 Å². The summed E-state index contributed by atoms with van der Waals surface area (Å²) in [6, 6.07) is 0.773. The smallest absolute Gasteiger partial charge is 0.350 e. The minimum Gasteiger partial charge on any atom is -0.462 e. The van der Waals surface area contributed by atoms with Gasteiger partial charge in [-0.2, -0.15) is 5.10 Å². The summed E-state index contributed by atoms with van der Waals surface area (Å²) in [5.41, 5.74) is 1.54. The van der Waals surface area contributed by atoms with Crippen LogP contribution in [0, 0.1) is 0 Å². The van der Waals surface area contributed by atoms with Gasteiger partial charge in [-0.3, -0.25) is 9.59 Å². The number of thiazole rings is 1. The van der Waals surface area contributed by atoms with Gasteiger partial charge >= 0.3 is 5.97 Å². The zero-order chi connectivity index (χ0) is 18.0. The first kappa shape index (κ1) is 17.3. The first-order valence-corrected chi connectivity index (χ1v) is 8.86. The average Bonchev–Trinajstić information content (AvgIpc) is 3.22. The molecule has 1 aliphatic rings. The largest absolute Gasteiger partial charge is 0.462 e. The fourth-order valence-corrected chi connectivity index (χ4v) is 3.36. The zero-order valence-corrected chi connectivity index (χ0v) is 14.8. The van der Waals surface area contributed by atoms with Crippen molar-refractivity contribution in [1.29, 1.82) is 0 Å². The number of hydrogen-bond donors (Lipinski definition) is 1. The molecule has 1 amide bonds. The third kappa shape index (κ3) is 3.60. The van der Waals surface area contributed by atoms with Crippen LogP contribution in [0.25, 0.3) is 0 Å². The lowest BCUT2D eigenvalue weighted by Crippen LogP contribution is -2.33. The number of fused-ring (bicyclic) bond motifs is 1. The van der Waals surface area contributed by atoms with Crippen LogP contribution in [0.2, 0.25) is 0 Å². The highest BCUT2D eigenvalue weighted by Gasteiger charge is 2.22. The van der Waals surface area contributed by atoms with E-state index in [1.165, 1.54) is 10.9 Å². The molecule has 0 aromatic carbocycles. The lowest BCUT2D eigenvalue weighted by molar-refractivity contribution is -0.119. The SMILES string of the molecule is CCOC(=O)c1cnc(NC(=O)[C@H](C)n2nc3c(cc2=O)CCC3)s1. The maximum atomic E-state index is 12.4. The van der Waals surface area contributed by atoms with E-state index >= 15 is 0 Å². The minimum atomic E-state index is -0.784. The number of ether oxygens (including phenoxy) is 1. The van der Waals surface area contributed by atoms with E-state index in [0.29, 0.717) is 4.88 Å². The van der Waals surface area contributed by atoms with Crippen LogP contribution in [0.5, 0.6) is 0 Å². The summed E-state index contributed by atoms with van der Waals surface area (Å²) in [5.74, 6) is -0.901. The molecule has 9 heteroatoms. The van der Waals surface area contributed by atoms with Crippen LogP contribution in [-0.2, 0) is 22.4 Å². The maximum absolute atomic E-state index is 12.4. The van der Waals surface area contributed by atoms with E-state index in [1.54, 1.807) is 19.9 Å². The Morgan fingerprint density at radius 2 is 2.24 bits per heavy atom. The van der Waals surface area contributed by atoms with Gasteiger partial charge in [-0.15, -0.1) is 0 Å². The molecule has 0 saturated heterocycles. The normalized spacial score (nSPS) is 14.0. The summed E-state index contributed by atoms with van der Waals surface area (Å²) in [6.07, 6.45) is 4.00. The Morgan fingerprint density at radius 1 is 1.44 bits per heavy atom. The Morgan fingerprint density at radius 3 is 3.00 bits per heavy atom. The second-order valence-corrected chi connectivity index (χ2v) is 6.70. The summed E-state index contributed by atoms with van der Waals surface area (Å²) in [4.78, 5) is 40.5. The van der Waals surface area contributed by atoms with E-state index in [0.717, 1.165) is 41.9 Å². The number of rotatable bonds is 5. The summed E-state index contributed by atoms with van der Waals surface area (Å²) in [5, 5.41) is 7.21. The number of nitrogens with zero attached hydrogens (tertiary/aromatic N) is 3. The molecule has 132 valence electrons. The second-order valence-electron chi connectivity index (χ2n) is 5.67. The van der Waals surface area contributed by atoms with Gasteiger partial charge in [0.1, 0.15) is 10.9 Å². The first-order valence-electron chi connectivity index (χ1n) is 8.05. The molecule has 25 heavy (non-hydrogen) atoms. The van der Waals surface area contributed by atoms with Gasteiger partial charge in [-0.05, 0) is 38.7 Å². The van der Waals surface area contributed by atoms with Crippen LogP contribution in [0.3, 0.4) is 0 Å². The average molecular weight is 362 g/mol. The molecule has 0 fully saturated rings. The van der Waals surface area contributed by atoms with E-state index in [-0.39, 0.29) is 17.3 Å². The van der Waals surface area contributed by atoms with Gasteiger partial charge in [0, 0.05) is 6.07 Å². The molecule has 8 nitrogen and oxygen atoms in total. The lowest BCUT2D eigenvalue weighted by atomic mass is 10.2. The third-order valence-electron chi connectivity index (χ3n) is 3.94. The zero-order valence-electron chi connectivity index (χ0n) is 13.9. The van der Waals surface area contributed by atoms with Gasteiger partial charge in [-0.1, -0.05) is 11.3 Å². The van der Waals surface area contributed by atoms with Crippen molar-refractivity contribution in [2.24, 2.45) is 0 Å². The first-order chi connectivity index (χ1) is 12.0. The van der Waals surface area contributed by atoms with Crippen molar-refractivity contribution in [1.82, 2.24) is 14.8 Å². The van der Waals surface area contributed by atoms with Gasteiger partial charge in [0.2, 0.25) is 0 Å². The topological polar surface area (TPSA) is 103 Å². The van der Waals surface area contributed by atoms with E-state index in [1.807, 2.05) is 0 Å². The van der Waals surface area contributed by atoms with Crippen LogP contribution < -0.4 is 10.9 Å². The maximum Gasteiger partial charge on any atom is 0.350 e. The monoisotopic (exact) mass is 362 g/mol. The standard InChI is InChI=1S/C16H18N4O4S/c1-3-24-15(23)12-8-17-16(25-12)18-14(22)9(2)20-13(21)7-10-5-4-6-11(10)19-20/h7-9H,3-6H2,1-2H3,(H,17,18,22)/t9-/m0/s1. The third-order valence-corrected chi connectivity index (χ3v) is 4.83. The van der Waals surface area contributed by atoms with Crippen LogP contribution in [0.1, 0.15) is 47.2 Å². The van der Waals surface area contributed by atoms with E-state index < -0.39 is 17.9 Å². The molecule has 3 rings (SSSR count). The summed E-state index contributed by atoms with van der Waals surface area (Å²) in [6.45, 7) is 3.58. The number of esters is 1. The highest BCUT2D eigenvalue weighted by molar-refractivity contribution is 7.17. The van der Waals surface area contributed by atoms with Gasteiger partial charge in [0.25, 0.3) is 11.5 Å². The van der Waals surface area contributed by atoms with Gasteiger partial charge < -0.3 is 10.1 Å². The molecule has 1 atom stereocenters. The van der Waals surface area contributed by atoms with Crippen molar-refractivity contribution in [3.63, 3.8) is 0 Å². The van der Waals surface area contributed by atoms with E-state index in [4.69, 9.17) is 4.74 Å². The van der Waals surface area contributed by atoms with Crippen molar-refractivity contribution in [3.05, 3.63) is 38.8 Å². The molecule has 2 aromatic heterocycles. The van der Waals surface area contributed by atoms with Crippen LogP contribution in [0.4, 0.5) is 5.13 Å². The number of anilines is 1. The van der Waals surface area contributed by atoms with Gasteiger partial charge in [0.15, 0.2) is 5.13 Å². The van der Waals surface area contributed by atoms with Crippen molar-refractivity contribution in [2.45, 2.75) is 39.2 Å². The quantitative estimate of drug-likeness (QED) is 0.810. The predicted octanol–water partition coefficient (Wildman–Crippen LogP) is 1.56. The number of aryl methyl sites for hydroxylation is 2. The molecule has 0 radical (unpaired) electrons. The Kier molecular flexibility index (Phi) is 4.93. The van der Waals surface area contributed by atoms with Crippen LogP contribution in [-0.4, -0.2) is 33.2 Å². The molecule has 0 spiro atoms. The Hall–Kier alpha value is -2.55. The van der Waals surface area contributed by atoms with Crippen molar-refractivity contribution >= 4 is 28.3 Å². The molecule has 2 aromatic rings. The fraction of sp³-hybridized carbons (Fsp3) is 0.438. The molecule has 1 N–H and O–H groups in total. The van der Waals surface area contributed by atoms with Gasteiger partial charge in [0.05, 0.1) is 18.5 Å². The Labute approximate surface area is 147 Å². The molecule has 1 aliphatic carbocycles. The van der Waals surface area contributed by atoms with E-state index in [2.05, 4.69) is 15.4 Å². The summed E-state index contributed by atoms with van der Waals surface area (Å²) < 4.78 is 6.08. The number of amides is 1. The molecular formula is C16H18N4O4S. The fourth-order valence-electron chi connectivity index (χ4n) is 2.64. The lowest BCUT2D eigenvalue weighted by Gasteiger charge is -2.14. The van der Waals surface area contributed by atoms with Crippen molar-refractivity contribution < 1.29 is 14.3 Å². The highest BCUT2D eigenvalue weighted by atomic mass is 32.1. The second kappa shape index (κ2) is 7.14. The molecule has 0 bridgehead atoms. The number of carbonyl (C=O) groups is 2. The Bertz CT molecular complexity index is 873. The Balaban J connectivity index is 1.73. The number of hydrogen-bond acceptors (Lipinski definition) is 7. The van der Waals surface area contributed by atoms with Crippen molar-refractivity contribution in [3.8, 4) is 0 Å². The highest BCUT2D eigenvalue weighted by Crippen LogP contribution is 2.21. The minimum absolute atomic E-state index is 0.266. The molecular weight excluding hydrogens is 344 g/mol. The molecule has 2 heterocycles. The summed E-state index contributed by atoms with van der Waals surface area (Å²) in [7, 11) is 0. The van der Waals surface area contributed by atoms with Crippen molar-refractivity contribution in [2.75, 3.05) is 11.9 Å². The predicted molar refractivity (Wildman–Crippen MR) is 91.9 cm³/mol. The number of aromatic nitrogens is 3. The molecule has 0 aliphatic heterocycles. The van der Waals surface area contributed by atoms with Crippen LogP contribution >= 0.6 is 11.3 Å². The summed E-state index contributed by atoms with van der Waals surface area (Å²) >= 11 is 1.02. The van der Waals surface area contributed by atoms with Gasteiger partial charge in [-0.25, -0.2) is 14.5 Å². The number of nitrogens with one attached hydrogen (secondary N) is 1. The molecule has 0 unspecified atom stereocenters. The molecule has 0 saturated carbocycles. The number of carbonyl (C=O) groups excluding carboxylic acids is 2.